The van der Waals surface area contributed by atoms with Gasteiger partial charge >= 0.3 is 0 Å². The van der Waals surface area contributed by atoms with E-state index in [2.05, 4.69) is 6.07 Å². The van der Waals surface area contributed by atoms with E-state index in [4.69, 9.17) is 16.6 Å². The standard InChI is InChI=1S/C29H30ClN3O2/c1-5-17-32(28(34)21-12-14-22(30)15-13-21)25(6-2)27-31-24-10-8-7-9-23(24)29(35)33(27)26-16-11-19(3)18-20(26)4/h7-16,18,25H,5-6,17H2,1-4H3. The smallest absolute Gasteiger partial charge is 0.266 e. The Morgan fingerprint density at radius 1 is 1.03 bits per heavy atom. The van der Waals surface area contributed by atoms with Crippen LogP contribution in [0.1, 0.15) is 60.0 Å². The van der Waals surface area contributed by atoms with Gasteiger partial charge in [-0.25, -0.2) is 4.98 Å². The van der Waals surface area contributed by atoms with Crippen molar-refractivity contribution in [2.24, 2.45) is 0 Å². The molecule has 1 amide bonds. The van der Waals surface area contributed by atoms with Gasteiger partial charge < -0.3 is 4.90 Å². The molecule has 4 aromatic rings. The molecular formula is C29H30ClN3O2. The molecule has 0 saturated heterocycles. The summed E-state index contributed by atoms with van der Waals surface area (Å²) in [4.78, 5) is 34.4. The first-order valence-electron chi connectivity index (χ1n) is 12.0. The summed E-state index contributed by atoms with van der Waals surface area (Å²) in [6.07, 6.45) is 1.38. The van der Waals surface area contributed by atoms with Crippen LogP contribution >= 0.6 is 11.6 Å². The predicted octanol–water partition coefficient (Wildman–Crippen LogP) is 6.66. The number of para-hydroxylation sites is 1. The molecule has 0 radical (unpaired) electrons. The Labute approximate surface area is 211 Å². The molecule has 4 rings (SSSR count). The lowest BCUT2D eigenvalue weighted by atomic mass is 10.1. The molecule has 0 aliphatic heterocycles. The number of fused-ring (bicyclic) bond motifs is 1. The number of halogens is 1. The van der Waals surface area contributed by atoms with Crippen LogP contribution in [0.2, 0.25) is 5.02 Å². The summed E-state index contributed by atoms with van der Waals surface area (Å²) in [5.74, 6) is 0.462. The number of amides is 1. The molecule has 0 spiro atoms. The third-order valence-corrected chi connectivity index (χ3v) is 6.52. The Balaban J connectivity index is 1.96. The molecule has 6 heteroatoms. The van der Waals surface area contributed by atoms with Crippen LogP contribution in [0.15, 0.2) is 71.5 Å². The minimum Gasteiger partial charge on any atom is -0.328 e. The number of hydrogen-bond donors (Lipinski definition) is 0. The number of carbonyl (C=O) groups excluding carboxylic acids is 1. The molecule has 35 heavy (non-hydrogen) atoms. The molecule has 1 atom stereocenters. The summed E-state index contributed by atoms with van der Waals surface area (Å²) < 4.78 is 1.70. The van der Waals surface area contributed by atoms with Gasteiger partial charge in [0.05, 0.1) is 22.6 Å². The predicted molar refractivity (Wildman–Crippen MR) is 143 cm³/mol. The Hall–Kier alpha value is -3.44. The summed E-state index contributed by atoms with van der Waals surface area (Å²) in [5.41, 5.74) is 3.93. The summed E-state index contributed by atoms with van der Waals surface area (Å²) in [7, 11) is 0. The van der Waals surface area contributed by atoms with Crippen molar-refractivity contribution in [3.63, 3.8) is 0 Å². The van der Waals surface area contributed by atoms with Crippen LogP contribution in [0.25, 0.3) is 16.6 Å². The molecule has 0 aliphatic rings. The fourth-order valence-corrected chi connectivity index (χ4v) is 4.73. The number of aryl methyl sites for hydroxylation is 2. The molecule has 1 aromatic heterocycles. The van der Waals surface area contributed by atoms with Crippen molar-refractivity contribution in [3.8, 4) is 5.69 Å². The molecular weight excluding hydrogens is 458 g/mol. The van der Waals surface area contributed by atoms with E-state index < -0.39 is 6.04 Å². The van der Waals surface area contributed by atoms with Gasteiger partial charge in [-0.1, -0.05) is 55.3 Å². The van der Waals surface area contributed by atoms with Crippen molar-refractivity contribution in [1.82, 2.24) is 14.5 Å². The van der Waals surface area contributed by atoms with E-state index in [0.717, 1.165) is 23.2 Å². The maximum atomic E-state index is 13.9. The Morgan fingerprint density at radius 3 is 2.40 bits per heavy atom. The monoisotopic (exact) mass is 487 g/mol. The lowest BCUT2D eigenvalue weighted by Crippen LogP contribution is -2.39. The van der Waals surface area contributed by atoms with Crippen LogP contribution in [0.3, 0.4) is 0 Å². The molecule has 1 unspecified atom stereocenters. The molecule has 180 valence electrons. The van der Waals surface area contributed by atoms with Crippen LogP contribution in [-0.2, 0) is 0 Å². The van der Waals surface area contributed by atoms with Gasteiger partial charge in [0.1, 0.15) is 5.82 Å². The lowest BCUT2D eigenvalue weighted by Gasteiger charge is -2.32. The number of benzene rings is 3. The summed E-state index contributed by atoms with van der Waals surface area (Å²) >= 11 is 6.06. The zero-order valence-corrected chi connectivity index (χ0v) is 21.3. The summed E-state index contributed by atoms with van der Waals surface area (Å²) in [6, 6.07) is 19.9. The zero-order chi connectivity index (χ0) is 25.1. The zero-order valence-electron chi connectivity index (χ0n) is 20.6. The average Bonchev–Trinajstić information content (AvgIpc) is 2.85. The van der Waals surface area contributed by atoms with Crippen LogP contribution in [-0.4, -0.2) is 26.9 Å². The Bertz CT molecular complexity index is 1430. The molecule has 5 nitrogen and oxygen atoms in total. The van der Waals surface area contributed by atoms with Crippen molar-refractivity contribution < 1.29 is 4.79 Å². The summed E-state index contributed by atoms with van der Waals surface area (Å²) in [6.45, 7) is 8.63. The Morgan fingerprint density at radius 2 is 1.74 bits per heavy atom. The quantitative estimate of drug-likeness (QED) is 0.293. The lowest BCUT2D eigenvalue weighted by molar-refractivity contribution is 0.0659. The van der Waals surface area contributed by atoms with Crippen molar-refractivity contribution >= 4 is 28.4 Å². The van der Waals surface area contributed by atoms with Crippen LogP contribution in [0, 0.1) is 13.8 Å². The van der Waals surface area contributed by atoms with E-state index in [1.807, 2.05) is 62.9 Å². The second kappa shape index (κ2) is 10.4. The van der Waals surface area contributed by atoms with E-state index in [1.165, 1.54) is 0 Å². The SMILES string of the molecule is CCCN(C(=O)c1ccc(Cl)cc1)C(CC)c1nc2ccccc2c(=O)n1-c1ccc(C)cc1C. The number of carbonyl (C=O) groups is 1. The maximum Gasteiger partial charge on any atom is 0.266 e. The first-order chi connectivity index (χ1) is 16.8. The van der Waals surface area contributed by atoms with Gasteiger partial charge in [0, 0.05) is 17.1 Å². The molecule has 0 N–H and O–H groups in total. The normalized spacial score (nSPS) is 12.0. The fourth-order valence-electron chi connectivity index (χ4n) is 4.60. The van der Waals surface area contributed by atoms with Crippen molar-refractivity contribution in [1.29, 1.82) is 0 Å². The van der Waals surface area contributed by atoms with Crippen molar-refractivity contribution in [2.45, 2.75) is 46.6 Å². The molecule has 0 saturated carbocycles. The number of hydrogen-bond acceptors (Lipinski definition) is 3. The highest BCUT2D eigenvalue weighted by Crippen LogP contribution is 2.29. The first kappa shape index (κ1) is 24.7. The number of rotatable bonds is 7. The second-order valence-corrected chi connectivity index (χ2v) is 9.28. The van der Waals surface area contributed by atoms with Gasteiger partial charge in [0.25, 0.3) is 11.5 Å². The number of aromatic nitrogens is 2. The van der Waals surface area contributed by atoms with E-state index in [-0.39, 0.29) is 11.5 Å². The van der Waals surface area contributed by atoms with Gasteiger partial charge in [-0.3, -0.25) is 14.2 Å². The van der Waals surface area contributed by atoms with Gasteiger partial charge in [-0.15, -0.1) is 0 Å². The molecule has 0 bridgehead atoms. The van der Waals surface area contributed by atoms with E-state index in [0.29, 0.717) is 40.3 Å². The fraction of sp³-hybridized carbons (Fsp3) is 0.276. The average molecular weight is 488 g/mol. The highest BCUT2D eigenvalue weighted by molar-refractivity contribution is 6.30. The van der Waals surface area contributed by atoms with Gasteiger partial charge in [-0.2, -0.15) is 0 Å². The van der Waals surface area contributed by atoms with Crippen LogP contribution < -0.4 is 5.56 Å². The highest BCUT2D eigenvalue weighted by atomic mass is 35.5. The number of nitrogens with zero attached hydrogens (tertiary/aromatic N) is 3. The maximum absolute atomic E-state index is 13.9. The summed E-state index contributed by atoms with van der Waals surface area (Å²) in [5, 5.41) is 1.13. The van der Waals surface area contributed by atoms with Crippen molar-refractivity contribution in [2.75, 3.05) is 6.54 Å². The van der Waals surface area contributed by atoms with Gasteiger partial charge in [-0.05, 0) is 74.7 Å². The molecule has 1 heterocycles. The minimum absolute atomic E-state index is 0.107. The topological polar surface area (TPSA) is 55.2 Å². The molecule has 0 fully saturated rings. The second-order valence-electron chi connectivity index (χ2n) is 8.85. The van der Waals surface area contributed by atoms with Crippen LogP contribution in [0.5, 0.6) is 0 Å². The van der Waals surface area contributed by atoms with Crippen molar-refractivity contribution in [3.05, 3.63) is 105 Å². The van der Waals surface area contributed by atoms with E-state index in [1.54, 1.807) is 34.9 Å². The highest BCUT2D eigenvalue weighted by Gasteiger charge is 2.29. The molecule has 0 aliphatic carbocycles. The third-order valence-electron chi connectivity index (χ3n) is 6.27. The minimum atomic E-state index is -0.392. The van der Waals surface area contributed by atoms with E-state index in [9.17, 15) is 9.59 Å². The van der Waals surface area contributed by atoms with Gasteiger partial charge in [0.15, 0.2) is 0 Å². The van der Waals surface area contributed by atoms with E-state index >= 15 is 0 Å². The van der Waals surface area contributed by atoms with Gasteiger partial charge in [0.2, 0.25) is 0 Å². The third kappa shape index (κ3) is 4.87. The molecule has 3 aromatic carbocycles. The van der Waals surface area contributed by atoms with Crippen LogP contribution in [0.4, 0.5) is 0 Å². The largest absolute Gasteiger partial charge is 0.328 e. The Kier molecular flexibility index (Phi) is 7.37. The first-order valence-corrected chi connectivity index (χ1v) is 12.4.